The van der Waals surface area contributed by atoms with Crippen LogP contribution in [0, 0.1) is 6.92 Å². The van der Waals surface area contributed by atoms with Gasteiger partial charge in [0, 0.05) is 19.0 Å². The van der Waals surface area contributed by atoms with Gasteiger partial charge < -0.3 is 14.5 Å². The minimum absolute atomic E-state index is 0.167. The monoisotopic (exact) mass is 326 g/mol. The van der Waals surface area contributed by atoms with Crippen molar-refractivity contribution in [3.05, 3.63) is 52.4 Å². The van der Waals surface area contributed by atoms with E-state index in [0.29, 0.717) is 23.6 Å². The number of rotatable bonds is 3. The van der Waals surface area contributed by atoms with E-state index >= 15 is 0 Å². The summed E-state index contributed by atoms with van der Waals surface area (Å²) in [6.45, 7) is 2.34. The third-order valence-corrected chi connectivity index (χ3v) is 4.83. The Balaban J connectivity index is 1.69. The van der Waals surface area contributed by atoms with E-state index in [1.54, 1.807) is 11.8 Å². The molecule has 6 nitrogen and oxygen atoms in total. The molecule has 1 aromatic carbocycles. The number of carboxylic acid groups (broad SMARTS) is 1. The molecule has 0 saturated heterocycles. The molecule has 24 heavy (non-hydrogen) atoms. The normalized spacial score (nSPS) is 19.9. The molecule has 1 saturated carbocycles. The van der Waals surface area contributed by atoms with Crippen molar-refractivity contribution in [3.8, 4) is 0 Å². The minimum Gasteiger partial charge on any atom is -0.481 e. The fourth-order valence-corrected chi connectivity index (χ4v) is 3.40. The number of carbonyl (C=O) groups excluding carboxylic acids is 1. The highest BCUT2D eigenvalue weighted by Crippen LogP contribution is 2.43. The summed E-state index contributed by atoms with van der Waals surface area (Å²) in [6, 6.07) is 7.41. The first-order chi connectivity index (χ1) is 11.6. The molecule has 1 aliphatic heterocycles. The number of nitrogens with zero attached hydrogens (tertiary/aromatic N) is 2. The average Bonchev–Trinajstić information content (AvgIpc) is 3.35. The molecule has 0 radical (unpaired) electrons. The van der Waals surface area contributed by atoms with E-state index in [4.69, 9.17) is 4.52 Å². The molecule has 1 aromatic heterocycles. The van der Waals surface area contributed by atoms with Gasteiger partial charge in [-0.1, -0.05) is 29.4 Å². The Hall–Kier alpha value is -2.63. The number of hydrogen-bond donors (Lipinski definition) is 1. The van der Waals surface area contributed by atoms with Crippen LogP contribution >= 0.6 is 0 Å². The summed E-state index contributed by atoms with van der Waals surface area (Å²) in [5, 5.41) is 13.5. The predicted octanol–water partition coefficient (Wildman–Crippen LogP) is 2.68. The zero-order chi connectivity index (χ0) is 16.8. The summed E-state index contributed by atoms with van der Waals surface area (Å²) < 4.78 is 5.36. The highest BCUT2D eigenvalue weighted by atomic mass is 16.5. The zero-order valence-corrected chi connectivity index (χ0v) is 13.4. The van der Waals surface area contributed by atoms with E-state index in [1.165, 1.54) is 0 Å². The number of carboxylic acids is 1. The van der Waals surface area contributed by atoms with Crippen molar-refractivity contribution in [1.29, 1.82) is 0 Å². The first-order valence-corrected chi connectivity index (χ1v) is 8.12. The number of amides is 1. The number of carbonyl (C=O) groups is 2. The van der Waals surface area contributed by atoms with Crippen molar-refractivity contribution in [3.63, 3.8) is 0 Å². The lowest BCUT2D eigenvalue weighted by molar-refractivity contribution is -0.139. The Morgan fingerprint density at radius 1 is 1.29 bits per heavy atom. The summed E-state index contributed by atoms with van der Waals surface area (Å²) in [4.78, 5) is 26.3. The largest absolute Gasteiger partial charge is 0.481 e. The van der Waals surface area contributed by atoms with Gasteiger partial charge in [-0.25, -0.2) is 0 Å². The molecule has 1 aliphatic carbocycles. The Bertz CT molecular complexity index is 822. The van der Waals surface area contributed by atoms with Crippen LogP contribution in [-0.2, 0) is 11.3 Å². The highest BCUT2D eigenvalue weighted by Gasteiger charge is 2.38. The van der Waals surface area contributed by atoms with Crippen LogP contribution < -0.4 is 0 Å². The lowest BCUT2D eigenvalue weighted by atomic mass is 9.89. The summed E-state index contributed by atoms with van der Waals surface area (Å²) in [5.41, 5.74) is 2.76. The second kappa shape index (κ2) is 5.47. The molecule has 2 heterocycles. The van der Waals surface area contributed by atoms with E-state index in [1.807, 2.05) is 24.3 Å². The summed E-state index contributed by atoms with van der Waals surface area (Å²) in [6.07, 6.45) is 2.02. The Morgan fingerprint density at radius 2 is 2.04 bits per heavy atom. The van der Waals surface area contributed by atoms with E-state index in [9.17, 15) is 14.7 Å². The summed E-state index contributed by atoms with van der Waals surface area (Å²) in [7, 11) is 0. The smallest absolute Gasteiger partial charge is 0.312 e. The van der Waals surface area contributed by atoms with Crippen molar-refractivity contribution in [2.24, 2.45) is 0 Å². The van der Waals surface area contributed by atoms with Crippen LogP contribution in [0.25, 0.3) is 0 Å². The van der Waals surface area contributed by atoms with E-state index in [-0.39, 0.29) is 18.4 Å². The van der Waals surface area contributed by atoms with Gasteiger partial charge in [-0.05, 0) is 30.9 Å². The molecule has 124 valence electrons. The molecule has 2 aromatic rings. The maximum absolute atomic E-state index is 13.0. The van der Waals surface area contributed by atoms with Gasteiger partial charge in [0.15, 0.2) is 5.76 Å². The SMILES string of the molecule is Cc1noc(C2CC2)c1C(=O)N1Cc2ccccc2C(C(=O)O)C1. The molecule has 4 rings (SSSR count). The maximum atomic E-state index is 13.0. The lowest BCUT2D eigenvalue weighted by Gasteiger charge is -2.32. The Kier molecular flexibility index (Phi) is 3.40. The van der Waals surface area contributed by atoms with Crippen LogP contribution in [0.15, 0.2) is 28.8 Å². The topological polar surface area (TPSA) is 83.6 Å². The quantitative estimate of drug-likeness (QED) is 0.937. The van der Waals surface area contributed by atoms with Gasteiger partial charge in [-0.15, -0.1) is 0 Å². The number of aliphatic carboxylic acids is 1. The van der Waals surface area contributed by atoms with Crippen LogP contribution in [0.3, 0.4) is 0 Å². The molecule has 1 fully saturated rings. The highest BCUT2D eigenvalue weighted by molar-refractivity contribution is 5.97. The zero-order valence-electron chi connectivity index (χ0n) is 13.4. The molecule has 1 atom stereocenters. The van der Waals surface area contributed by atoms with E-state index < -0.39 is 11.9 Å². The van der Waals surface area contributed by atoms with Crippen LogP contribution in [0.5, 0.6) is 0 Å². The third kappa shape index (κ3) is 2.38. The minimum atomic E-state index is -0.913. The number of aryl methyl sites for hydroxylation is 1. The second-order valence-corrected chi connectivity index (χ2v) is 6.56. The number of hydrogen-bond acceptors (Lipinski definition) is 4. The molecule has 6 heteroatoms. The molecule has 0 spiro atoms. The van der Waals surface area contributed by atoms with Crippen LogP contribution in [0.1, 0.15) is 57.6 Å². The fraction of sp³-hybridized carbons (Fsp3) is 0.389. The van der Waals surface area contributed by atoms with Gasteiger partial charge in [0.1, 0.15) is 5.56 Å². The van der Waals surface area contributed by atoms with Crippen LogP contribution in [0.2, 0.25) is 0 Å². The summed E-state index contributed by atoms with van der Waals surface area (Å²) >= 11 is 0. The molecule has 0 bridgehead atoms. The van der Waals surface area contributed by atoms with Crippen molar-refractivity contribution in [1.82, 2.24) is 10.1 Å². The first kappa shape index (κ1) is 14.9. The molecule has 2 aliphatic rings. The van der Waals surface area contributed by atoms with Crippen molar-refractivity contribution in [2.75, 3.05) is 6.54 Å². The molecular formula is C18H18N2O4. The number of fused-ring (bicyclic) bond motifs is 1. The van der Waals surface area contributed by atoms with E-state index in [0.717, 1.165) is 24.0 Å². The van der Waals surface area contributed by atoms with Crippen LogP contribution in [0.4, 0.5) is 0 Å². The average molecular weight is 326 g/mol. The predicted molar refractivity (Wildman–Crippen MR) is 84.8 cm³/mol. The third-order valence-electron chi connectivity index (χ3n) is 4.83. The van der Waals surface area contributed by atoms with Gasteiger partial charge in [0.2, 0.25) is 0 Å². The van der Waals surface area contributed by atoms with Gasteiger partial charge >= 0.3 is 5.97 Å². The standard InChI is InChI=1S/C18H18N2O4/c1-10-15(16(24-19-10)11-6-7-11)17(21)20-8-12-4-2-3-5-13(12)14(9-20)18(22)23/h2-5,11,14H,6-9H2,1H3,(H,22,23). The van der Waals surface area contributed by atoms with Crippen molar-refractivity contribution < 1.29 is 19.2 Å². The van der Waals surface area contributed by atoms with Gasteiger partial charge in [0.25, 0.3) is 5.91 Å². The molecular weight excluding hydrogens is 308 g/mol. The van der Waals surface area contributed by atoms with Crippen molar-refractivity contribution in [2.45, 2.75) is 38.1 Å². The summed E-state index contributed by atoms with van der Waals surface area (Å²) in [5.74, 6) is -0.870. The number of benzene rings is 1. The van der Waals surface area contributed by atoms with E-state index in [2.05, 4.69) is 5.16 Å². The molecule has 1 amide bonds. The Labute approximate surface area is 139 Å². The van der Waals surface area contributed by atoms with Gasteiger partial charge in [-0.3, -0.25) is 9.59 Å². The maximum Gasteiger partial charge on any atom is 0.312 e. The van der Waals surface area contributed by atoms with Gasteiger partial charge in [-0.2, -0.15) is 0 Å². The molecule has 1 unspecified atom stereocenters. The molecule has 1 N–H and O–H groups in total. The van der Waals surface area contributed by atoms with Gasteiger partial charge in [0.05, 0.1) is 11.6 Å². The second-order valence-electron chi connectivity index (χ2n) is 6.56. The lowest BCUT2D eigenvalue weighted by Crippen LogP contribution is -2.41. The fourth-order valence-electron chi connectivity index (χ4n) is 3.40. The first-order valence-electron chi connectivity index (χ1n) is 8.12. The Morgan fingerprint density at radius 3 is 2.75 bits per heavy atom. The van der Waals surface area contributed by atoms with Crippen LogP contribution in [-0.4, -0.2) is 33.6 Å². The number of aromatic nitrogens is 1. The van der Waals surface area contributed by atoms with Crippen molar-refractivity contribution >= 4 is 11.9 Å².